The van der Waals surface area contributed by atoms with Gasteiger partial charge in [0.25, 0.3) is 0 Å². The molecular weight excluding hydrogens is 473 g/mol. The van der Waals surface area contributed by atoms with Gasteiger partial charge in [0.1, 0.15) is 0 Å². The van der Waals surface area contributed by atoms with Gasteiger partial charge in [-0.2, -0.15) is 0 Å². The molecule has 1 saturated carbocycles. The van der Waals surface area contributed by atoms with E-state index in [1.807, 2.05) is 4.90 Å². The molecular formula is C19H32IN5OS. The number of amides is 1. The summed E-state index contributed by atoms with van der Waals surface area (Å²) in [5, 5.41) is 10.2. The van der Waals surface area contributed by atoms with Crippen molar-refractivity contribution in [3.05, 3.63) is 16.1 Å². The van der Waals surface area contributed by atoms with E-state index in [-0.39, 0.29) is 35.9 Å². The lowest BCUT2D eigenvalue weighted by Crippen LogP contribution is -2.45. The zero-order valence-electron chi connectivity index (χ0n) is 16.4. The Morgan fingerprint density at radius 3 is 2.81 bits per heavy atom. The van der Waals surface area contributed by atoms with Crippen molar-refractivity contribution in [2.45, 2.75) is 57.9 Å². The van der Waals surface area contributed by atoms with Gasteiger partial charge >= 0.3 is 0 Å². The van der Waals surface area contributed by atoms with E-state index in [0.717, 1.165) is 63.4 Å². The molecule has 0 bridgehead atoms. The number of nitrogens with zero attached hydrogens (tertiary/aromatic N) is 3. The molecule has 3 rings (SSSR count). The zero-order chi connectivity index (χ0) is 18.4. The molecule has 1 unspecified atom stereocenters. The maximum atomic E-state index is 12.6. The van der Waals surface area contributed by atoms with Crippen molar-refractivity contribution in [2.24, 2.45) is 10.9 Å². The molecule has 1 saturated heterocycles. The van der Waals surface area contributed by atoms with Gasteiger partial charge < -0.3 is 15.5 Å². The van der Waals surface area contributed by atoms with Crippen LogP contribution in [-0.2, 0) is 17.6 Å². The molecule has 2 aliphatic rings. The number of thiazole rings is 1. The number of halogens is 1. The lowest BCUT2D eigenvalue weighted by Gasteiger charge is -2.21. The van der Waals surface area contributed by atoms with Crippen LogP contribution in [0.25, 0.3) is 0 Å². The van der Waals surface area contributed by atoms with E-state index in [1.165, 1.54) is 17.8 Å². The molecule has 152 valence electrons. The number of carbonyl (C=O) groups is 1. The van der Waals surface area contributed by atoms with Crippen LogP contribution in [0, 0.1) is 5.92 Å². The molecule has 1 atom stereocenters. The minimum atomic E-state index is 0. The van der Waals surface area contributed by atoms with E-state index >= 15 is 0 Å². The molecule has 0 aromatic carbocycles. The second kappa shape index (κ2) is 11.2. The SMILES string of the molecule is CCc1nc(CCNC(=NC)NC2CCN(C(=O)C3CCCC3)C2)cs1.I. The van der Waals surface area contributed by atoms with Gasteiger partial charge in [0.2, 0.25) is 5.91 Å². The lowest BCUT2D eigenvalue weighted by atomic mass is 10.1. The summed E-state index contributed by atoms with van der Waals surface area (Å²) in [7, 11) is 1.80. The number of aryl methyl sites for hydroxylation is 1. The number of likely N-dealkylation sites (tertiary alicyclic amines) is 1. The van der Waals surface area contributed by atoms with Crippen LogP contribution in [0.1, 0.15) is 49.7 Å². The molecule has 2 N–H and O–H groups in total. The summed E-state index contributed by atoms with van der Waals surface area (Å²) < 4.78 is 0. The van der Waals surface area contributed by atoms with Crippen LogP contribution < -0.4 is 10.6 Å². The summed E-state index contributed by atoms with van der Waals surface area (Å²) in [6.07, 6.45) is 7.46. The van der Waals surface area contributed by atoms with E-state index in [4.69, 9.17) is 0 Å². The molecule has 1 aliphatic heterocycles. The Labute approximate surface area is 183 Å². The fraction of sp³-hybridized carbons (Fsp3) is 0.737. The second-order valence-corrected chi connectivity index (χ2v) is 8.17. The van der Waals surface area contributed by atoms with Gasteiger partial charge in [0, 0.05) is 50.4 Å². The molecule has 0 radical (unpaired) electrons. The molecule has 1 aliphatic carbocycles. The van der Waals surface area contributed by atoms with Crippen molar-refractivity contribution in [3.63, 3.8) is 0 Å². The first-order chi connectivity index (χ1) is 12.7. The summed E-state index contributed by atoms with van der Waals surface area (Å²) >= 11 is 1.73. The molecule has 0 spiro atoms. The number of aromatic nitrogens is 1. The average molecular weight is 505 g/mol. The van der Waals surface area contributed by atoms with Gasteiger partial charge in [-0.3, -0.25) is 9.79 Å². The normalized spacial score (nSPS) is 20.6. The summed E-state index contributed by atoms with van der Waals surface area (Å²) in [5.41, 5.74) is 1.14. The Bertz CT molecular complexity index is 629. The van der Waals surface area contributed by atoms with Crippen LogP contribution >= 0.6 is 35.3 Å². The molecule has 6 nitrogen and oxygen atoms in total. The molecule has 8 heteroatoms. The third kappa shape index (κ3) is 6.30. The predicted molar refractivity (Wildman–Crippen MR) is 122 cm³/mol. The molecule has 1 aromatic rings. The van der Waals surface area contributed by atoms with E-state index in [2.05, 4.69) is 32.9 Å². The number of rotatable bonds is 6. The van der Waals surface area contributed by atoms with Gasteiger partial charge in [-0.1, -0.05) is 19.8 Å². The van der Waals surface area contributed by atoms with E-state index in [9.17, 15) is 4.79 Å². The Kier molecular flexibility index (Phi) is 9.28. The number of carbonyl (C=O) groups excluding carboxylic acids is 1. The summed E-state index contributed by atoms with van der Waals surface area (Å²) in [5.74, 6) is 1.46. The lowest BCUT2D eigenvalue weighted by molar-refractivity contribution is -0.134. The Morgan fingerprint density at radius 2 is 2.15 bits per heavy atom. The minimum absolute atomic E-state index is 0. The number of aliphatic imine (C=N–C) groups is 1. The quantitative estimate of drug-likeness (QED) is 0.355. The van der Waals surface area contributed by atoms with Crippen LogP contribution in [0.4, 0.5) is 0 Å². The van der Waals surface area contributed by atoms with Crippen molar-refractivity contribution in [2.75, 3.05) is 26.7 Å². The fourth-order valence-electron chi connectivity index (χ4n) is 3.83. The summed E-state index contributed by atoms with van der Waals surface area (Å²) in [6.45, 7) is 4.60. The molecule has 27 heavy (non-hydrogen) atoms. The van der Waals surface area contributed by atoms with Crippen LogP contribution in [0.3, 0.4) is 0 Å². The standard InChI is InChI=1S/C19H31N5OS.HI/c1-3-17-22-16(13-26-17)8-10-21-19(20-2)23-15-9-11-24(12-15)18(25)14-6-4-5-7-14;/h13-15H,3-12H2,1-2H3,(H2,20,21,23);1H. The van der Waals surface area contributed by atoms with E-state index in [1.54, 1.807) is 18.4 Å². The summed E-state index contributed by atoms with van der Waals surface area (Å²) in [4.78, 5) is 23.5. The van der Waals surface area contributed by atoms with Crippen molar-refractivity contribution < 1.29 is 4.79 Å². The van der Waals surface area contributed by atoms with Gasteiger partial charge in [0.15, 0.2) is 5.96 Å². The minimum Gasteiger partial charge on any atom is -0.356 e. The van der Waals surface area contributed by atoms with E-state index in [0.29, 0.717) is 5.91 Å². The first kappa shape index (κ1) is 22.4. The van der Waals surface area contributed by atoms with Gasteiger partial charge in [-0.15, -0.1) is 35.3 Å². The van der Waals surface area contributed by atoms with Crippen LogP contribution in [0.15, 0.2) is 10.4 Å². The Morgan fingerprint density at radius 1 is 1.37 bits per heavy atom. The number of hydrogen-bond donors (Lipinski definition) is 2. The first-order valence-electron chi connectivity index (χ1n) is 9.88. The zero-order valence-corrected chi connectivity index (χ0v) is 19.5. The van der Waals surface area contributed by atoms with Crippen LogP contribution in [0.5, 0.6) is 0 Å². The predicted octanol–water partition coefficient (Wildman–Crippen LogP) is 2.82. The van der Waals surface area contributed by atoms with Crippen LogP contribution in [0.2, 0.25) is 0 Å². The molecule has 1 aromatic heterocycles. The Hall–Kier alpha value is -0.900. The first-order valence-corrected chi connectivity index (χ1v) is 10.8. The van der Waals surface area contributed by atoms with Gasteiger partial charge in [-0.05, 0) is 25.7 Å². The largest absolute Gasteiger partial charge is 0.356 e. The molecule has 1 amide bonds. The second-order valence-electron chi connectivity index (χ2n) is 7.23. The number of guanidine groups is 1. The van der Waals surface area contributed by atoms with E-state index < -0.39 is 0 Å². The molecule has 2 fully saturated rings. The van der Waals surface area contributed by atoms with Crippen molar-refractivity contribution in [1.82, 2.24) is 20.5 Å². The van der Waals surface area contributed by atoms with Gasteiger partial charge in [-0.25, -0.2) is 4.98 Å². The average Bonchev–Trinajstić information content (AvgIpc) is 3.41. The maximum Gasteiger partial charge on any atom is 0.225 e. The molecule has 2 heterocycles. The van der Waals surface area contributed by atoms with Crippen molar-refractivity contribution in [1.29, 1.82) is 0 Å². The fourth-order valence-corrected chi connectivity index (χ4v) is 4.61. The topological polar surface area (TPSA) is 69.6 Å². The van der Waals surface area contributed by atoms with Crippen molar-refractivity contribution in [3.8, 4) is 0 Å². The number of hydrogen-bond acceptors (Lipinski definition) is 4. The monoisotopic (exact) mass is 505 g/mol. The Balaban J connectivity index is 0.00000261. The van der Waals surface area contributed by atoms with Gasteiger partial charge in [0.05, 0.1) is 10.7 Å². The summed E-state index contributed by atoms with van der Waals surface area (Å²) in [6, 6.07) is 0.289. The highest BCUT2D eigenvalue weighted by Gasteiger charge is 2.32. The smallest absolute Gasteiger partial charge is 0.225 e. The maximum absolute atomic E-state index is 12.6. The van der Waals surface area contributed by atoms with Crippen LogP contribution in [-0.4, -0.2) is 54.5 Å². The van der Waals surface area contributed by atoms with Crippen molar-refractivity contribution >= 4 is 47.2 Å². The highest BCUT2D eigenvalue weighted by Crippen LogP contribution is 2.27. The number of nitrogens with one attached hydrogen (secondary N) is 2. The third-order valence-corrected chi connectivity index (χ3v) is 6.39. The third-order valence-electron chi connectivity index (χ3n) is 5.34. The highest BCUT2D eigenvalue weighted by molar-refractivity contribution is 14.0. The highest BCUT2D eigenvalue weighted by atomic mass is 127.